The number of ether oxygens (including phenoxy) is 2. The lowest BCUT2D eigenvalue weighted by Gasteiger charge is -2.07. The molecule has 0 fully saturated rings. The van der Waals surface area contributed by atoms with Crippen molar-refractivity contribution in [2.24, 2.45) is 0 Å². The van der Waals surface area contributed by atoms with Crippen LogP contribution >= 0.6 is 0 Å². The summed E-state index contributed by atoms with van der Waals surface area (Å²) in [5, 5.41) is 8.08. The summed E-state index contributed by atoms with van der Waals surface area (Å²) in [5.41, 5.74) is 2.12. The summed E-state index contributed by atoms with van der Waals surface area (Å²) in [6, 6.07) is 15.5. The third kappa shape index (κ3) is 3.74. The van der Waals surface area contributed by atoms with Crippen LogP contribution in [0.1, 0.15) is 31.2 Å². The van der Waals surface area contributed by atoms with Gasteiger partial charge in [-0.2, -0.15) is 0 Å². The molecule has 5 heteroatoms. The summed E-state index contributed by atoms with van der Waals surface area (Å²) in [4.78, 5) is 0. The molecule has 0 aliphatic heterocycles. The molecule has 3 aromatic rings. The molecule has 0 unspecified atom stereocenters. The molecular weight excluding hydrogens is 304 g/mol. The Labute approximate surface area is 141 Å². The molecule has 24 heavy (non-hydrogen) atoms. The molecule has 5 nitrogen and oxygen atoms in total. The average molecular weight is 324 g/mol. The second kappa shape index (κ2) is 7.17. The minimum absolute atomic E-state index is 0.240. The Morgan fingerprint density at radius 1 is 0.917 bits per heavy atom. The van der Waals surface area contributed by atoms with Crippen LogP contribution in [0.5, 0.6) is 11.5 Å². The molecule has 0 amide bonds. The van der Waals surface area contributed by atoms with Crippen molar-refractivity contribution >= 4 is 0 Å². The van der Waals surface area contributed by atoms with E-state index in [1.165, 1.54) is 5.56 Å². The number of benzene rings is 2. The normalized spacial score (nSPS) is 10.8. The van der Waals surface area contributed by atoms with Crippen LogP contribution in [0.4, 0.5) is 0 Å². The quantitative estimate of drug-likeness (QED) is 0.670. The largest absolute Gasteiger partial charge is 0.497 e. The van der Waals surface area contributed by atoms with Gasteiger partial charge in [-0.05, 0) is 47.9 Å². The molecule has 0 saturated carbocycles. The van der Waals surface area contributed by atoms with Crippen LogP contribution < -0.4 is 9.47 Å². The van der Waals surface area contributed by atoms with E-state index in [4.69, 9.17) is 13.9 Å². The van der Waals surface area contributed by atoms with E-state index in [0.717, 1.165) is 17.1 Å². The minimum Gasteiger partial charge on any atom is -0.497 e. The highest BCUT2D eigenvalue weighted by Gasteiger charge is 2.09. The molecule has 0 aliphatic carbocycles. The lowest BCUT2D eigenvalue weighted by atomic mass is 10.0. The molecule has 3 rings (SSSR count). The molecule has 0 bridgehead atoms. The van der Waals surface area contributed by atoms with Gasteiger partial charge < -0.3 is 13.9 Å². The van der Waals surface area contributed by atoms with E-state index >= 15 is 0 Å². The maximum Gasteiger partial charge on any atom is 0.254 e. The summed E-state index contributed by atoms with van der Waals surface area (Å²) < 4.78 is 16.5. The fourth-order valence-corrected chi connectivity index (χ4v) is 2.26. The molecule has 0 atom stereocenters. The molecular formula is C19H20N2O3. The van der Waals surface area contributed by atoms with Gasteiger partial charge in [0.1, 0.15) is 11.5 Å². The van der Waals surface area contributed by atoms with E-state index in [-0.39, 0.29) is 6.61 Å². The van der Waals surface area contributed by atoms with E-state index in [9.17, 15) is 0 Å². The maximum absolute atomic E-state index is 5.70. The van der Waals surface area contributed by atoms with Crippen LogP contribution in [0.15, 0.2) is 52.9 Å². The van der Waals surface area contributed by atoms with Crippen LogP contribution in [0, 0.1) is 0 Å². The van der Waals surface area contributed by atoms with Gasteiger partial charge in [0.05, 0.1) is 7.11 Å². The van der Waals surface area contributed by atoms with E-state index in [1.807, 2.05) is 36.4 Å². The highest BCUT2D eigenvalue weighted by Crippen LogP contribution is 2.22. The third-order valence-corrected chi connectivity index (χ3v) is 3.71. The van der Waals surface area contributed by atoms with Gasteiger partial charge in [0, 0.05) is 5.56 Å². The zero-order chi connectivity index (χ0) is 16.9. The fraction of sp³-hybridized carbons (Fsp3) is 0.263. The first-order valence-electron chi connectivity index (χ1n) is 7.85. The number of nitrogens with zero attached hydrogens (tertiary/aromatic N) is 2. The predicted molar refractivity (Wildman–Crippen MR) is 91.1 cm³/mol. The molecule has 1 heterocycles. The molecule has 0 radical (unpaired) electrons. The summed E-state index contributed by atoms with van der Waals surface area (Å²) in [6.45, 7) is 4.56. The Balaban J connectivity index is 1.63. The molecule has 0 saturated heterocycles. The van der Waals surface area contributed by atoms with Gasteiger partial charge in [-0.3, -0.25) is 0 Å². The second-order valence-electron chi connectivity index (χ2n) is 5.74. The smallest absolute Gasteiger partial charge is 0.254 e. The van der Waals surface area contributed by atoms with Crippen molar-refractivity contribution in [3.8, 4) is 23.0 Å². The zero-order valence-electron chi connectivity index (χ0n) is 14.0. The van der Waals surface area contributed by atoms with Crippen molar-refractivity contribution < 1.29 is 13.9 Å². The maximum atomic E-state index is 5.70. The van der Waals surface area contributed by atoms with Crippen LogP contribution in [-0.2, 0) is 6.61 Å². The summed E-state index contributed by atoms with van der Waals surface area (Å²) in [7, 11) is 1.63. The van der Waals surface area contributed by atoms with Crippen molar-refractivity contribution in [1.29, 1.82) is 0 Å². The zero-order valence-corrected chi connectivity index (χ0v) is 14.0. The van der Waals surface area contributed by atoms with Crippen molar-refractivity contribution in [1.82, 2.24) is 10.2 Å². The van der Waals surface area contributed by atoms with Gasteiger partial charge in [-0.15, -0.1) is 10.2 Å². The van der Waals surface area contributed by atoms with Gasteiger partial charge in [0.25, 0.3) is 5.89 Å². The van der Waals surface area contributed by atoms with Gasteiger partial charge in [-0.25, -0.2) is 0 Å². The first-order chi connectivity index (χ1) is 11.7. The van der Waals surface area contributed by atoms with Crippen molar-refractivity contribution in [3.63, 3.8) is 0 Å². The summed E-state index contributed by atoms with van der Waals surface area (Å²) >= 11 is 0. The van der Waals surface area contributed by atoms with Crippen molar-refractivity contribution in [3.05, 3.63) is 60.0 Å². The lowest BCUT2D eigenvalue weighted by Crippen LogP contribution is -1.96. The van der Waals surface area contributed by atoms with Crippen LogP contribution in [0.2, 0.25) is 0 Å². The van der Waals surface area contributed by atoms with E-state index in [1.54, 1.807) is 7.11 Å². The second-order valence-corrected chi connectivity index (χ2v) is 5.74. The summed E-state index contributed by atoms with van der Waals surface area (Å²) in [5.74, 6) is 2.97. The van der Waals surface area contributed by atoms with E-state index < -0.39 is 0 Å². The Kier molecular flexibility index (Phi) is 4.79. The number of aromatic nitrogens is 2. The number of hydrogen-bond donors (Lipinski definition) is 0. The highest BCUT2D eigenvalue weighted by atomic mass is 16.5. The standard InChI is InChI=1S/C19H20N2O3/c1-13(2)14-4-10-17(11-5-14)23-12-18-20-21-19(24-18)15-6-8-16(22-3)9-7-15/h4-11,13H,12H2,1-3H3. The molecule has 0 N–H and O–H groups in total. The topological polar surface area (TPSA) is 57.4 Å². The van der Waals surface area contributed by atoms with Gasteiger partial charge in [0.15, 0.2) is 6.61 Å². The molecule has 2 aromatic carbocycles. The fourth-order valence-electron chi connectivity index (χ4n) is 2.26. The Bertz CT molecular complexity index is 777. The van der Waals surface area contributed by atoms with Gasteiger partial charge in [-0.1, -0.05) is 26.0 Å². The lowest BCUT2D eigenvalue weighted by molar-refractivity contribution is 0.264. The highest BCUT2D eigenvalue weighted by molar-refractivity contribution is 5.53. The van der Waals surface area contributed by atoms with Crippen molar-refractivity contribution in [2.75, 3.05) is 7.11 Å². The molecule has 0 aliphatic rings. The van der Waals surface area contributed by atoms with Crippen LogP contribution in [0.3, 0.4) is 0 Å². The van der Waals surface area contributed by atoms with Crippen molar-refractivity contribution in [2.45, 2.75) is 26.4 Å². The third-order valence-electron chi connectivity index (χ3n) is 3.71. The molecule has 1 aromatic heterocycles. The number of rotatable bonds is 6. The van der Waals surface area contributed by atoms with E-state index in [2.05, 4.69) is 36.2 Å². The molecule has 0 spiro atoms. The van der Waals surface area contributed by atoms with E-state index in [0.29, 0.717) is 17.7 Å². The Morgan fingerprint density at radius 3 is 2.21 bits per heavy atom. The number of hydrogen-bond acceptors (Lipinski definition) is 5. The predicted octanol–water partition coefficient (Wildman–Crippen LogP) is 4.45. The monoisotopic (exact) mass is 324 g/mol. The van der Waals surface area contributed by atoms with Gasteiger partial charge >= 0.3 is 0 Å². The minimum atomic E-state index is 0.240. The first-order valence-corrected chi connectivity index (χ1v) is 7.85. The first kappa shape index (κ1) is 16.1. The number of methoxy groups -OCH3 is 1. The molecule has 124 valence electrons. The van der Waals surface area contributed by atoms with Crippen LogP contribution in [-0.4, -0.2) is 17.3 Å². The Morgan fingerprint density at radius 2 is 1.58 bits per heavy atom. The SMILES string of the molecule is COc1ccc(-c2nnc(COc3ccc(C(C)C)cc3)o2)cc1. The Hall–Kier alpha value is -2.82. The summed E-state index contributed by atoms with van der Waals surface area (Å²) in [6.07, 6.45) is 0. The van der Waals surface area contributed by atoms with Crippen LogP contribution in [0.25, 0.3) is 11.5 Å². The van der Waals surface area contributed by atoms with Gasteiger partial charge in [0.2, 0.25) is 5.89 Å². The average Bonchev–Trinajstić information content (AvgIpc) is 3.09.